The van der Waals surface area contributed by atoms with Crippen LogP contribution in [0.4, 0.5) is 30.2 Å². The lowest BCUT2D eigenvalue weighted by Crippen LogP contribution is -2.25. The molecule has 13 rings (SSSR count). The molecule has 0 unspecified atom stereocenters. The lowest BCUT2D eigenvalue weighted by Gasteiger charge is -2.31. The minimum absolute atomic E-state index is 0.280. The molecule has 0 fully saturated rings. The molecule has 0 atom stereocenters. The summed E-state index contributed by atoms with van der Waals surface area (Å²) < 4.78 is 47.2. The van der Waals surface area contributed by atoms with E-state index < -0.39 is 11.8 Å². The Hall–Kier alpha value is -7.83. The Labute approximate surface area is 360 Å². The third-order valence-corrected chi connectivity index (χ3v) is 13.5. The van der Waals surface area contributed by atoms with Gasteiger partial charge >= 0.3 is 6.36 Å². The predicted octanol–water partition coefficient (Wildman–Crippen LogP) is 15.5. The van der Waals surface area contributed by atoms with Crippen molar-refractivity contribution in [3.63, 3.8) is 0 Å². The van der Waals surface area contributed by atoms with Crippen LogP contribution in [0.25, 0.3) is 71.5 Å². The van der Waals surface area contributed by atoms with Crippen LogP contribution in [0.15, 0.2) is 194 Å². The van der Waals surface area contributed by atoms with Gasteiger partial charge in [0.05, 0.1) is 22.0 Å². The molecule has 2 heterocycles. The summed E-state index contributed by atoms with van der Waals surface area (Å²) in [6.45, 7) is 2.01. The molecule has 0 saturated heterocycles. The average molecular weight is 821 g/mol. The highest BCUT2D eigenvalue weighted by atomic mass is 19.4. The Kier molecular flexibility index (Phi) is 7.32. The first-order valence-corrected chi connectivity index (χ1v) is 21.2. The van der Waals surface area contributed by atoms with Crippen LogP contribution in [0.3, 0.4) is 0 Å². The second-order valence-corrected chi connectivity index (χ2v) is 16.8. The van der Waals surface area contributed by atoms with E-state index in [4.69, 9.17) is 0 Å². The van der Waals surface area contributed by atoms with Gasteiger partial charge in [-0.15, -0.1) is 13.2 Å². The molecule has 63 heavy (non-hydrogen) atoms. The number of ether oxygens (including phenoxy) is 1. The van der Waals surface area contributed by atoms with Crippen LogP contribution in [0, 0.1) is 6.92 Å². The summed E-state index contributed by atoms with van der Waals surface area (Å²) in [7, 11) is 0. The monoisotopic (exact) mass is 820 g/mol. The summed E-state index contributed by atoms with van der Waals surface area (Å²) in [4.78, 5) is 1.97. The molecule has 6 heteroatoms. The lowest BCUT2D eigenvalue weighted by molar-refractivity contribution is -0.274. The highest BCUT2D eigenvalue weighted by Crippen LogP contribution is 2.65. The van der Waals surface area contributed by atoms with E-state index in [0.717, 1.165) is 28.1 Å². The molecule has 11 aromatic rings. The normalized spacial score (nSPS) is 13.5. The molecule has 1 spiro atoms. The van der Waals surface area contributed by atoms with Gasteiger partial charge in [-0.05, 0) is 106 Å². The van der Waals surface area contributed by atoms with Gasteiger partial charge in [0.15, 0.2) is 0 Å². The Morgan fingerprint density at radius 1 is 0.476 bits per heavy atom. The smallest absolute Gasteiger partial charge is 0.406 e. The van der Waals surface area contributed by atoms with E-state index >= 15 is 0 Å². The summed E-state index contributed by atoms with van der Waals surface area (Å²) in [6, 6.07) is 67.3. The van der Waals surface area contributed by atoms with Crippen LogP contribution in [0.1, 0.15) is 27.8 Å². The third kappa shape index (κ3) is 4.92. The number of hydrogen-bond acceptors (Lipinski definition) is 2. The summed E-state index contributed by atoms with van der Waals surface area (Å²) in [5.74, 6) is -0.280. The van der Waals surface area contributed by atoms with Crippen molar-refractivity contribution in [1.82, 2.24) is 4.40 Å². The number of benzene rings is 9. The number of alkyl halides is 3. The second kappa shape index (κ2) is 12.8. The van der Waals surface area contributed by atoms with Crippen LogP contribution >= 0.6 is 0 Å². The molecular formula is C57H35F3N2O. The lowest BCUT2D eigenvalue weighted by atomic mass is 9.70. The Morgan fingerprint density at radius 3 is 1.75 bits per heavy atom. The van der Waals surface area contributed by atoms with E-state index in [2.05, 4.69) is 155 Å². The van der Waals surface area contributed by atoms with Gasteiger partial charge in [-0.3, -0.25) is 0 Å². The topological polar surface area (TPSA) is 16.9 Å². The van der Waals surface area contributed by atoms with Gasteiger partial charge in [-0.25, -0.2) is 0 Å². The number of aromatic nitrogens is 1. The zero-order chi connectivity index (χ0) is 42.2. The fourth-order valence-electron chi connectivity index (χ4n) is 11.2. The van der Waals surface area contributed by atoms with Crippen LogP contribution in [-0.4, -0.2) is 10.8 Å². The van der Waals surface area contributed by atoms with E-state index in [0.29, 0.717) is 5.69 Å². The number of rotatable bonds is 5. The largest absolute Gasteiger partial charge is 0.573 e. The van der Waals surface area contributed by atoms with Gasteiger partial charge in [0, 0.05) is 50.2 Å². The van der Waals surface area contributed by atoms with Crippen molar-refractivity contribution in [2.24, 2.45) is 0 Å². The minimum atomic E-state index is -4.81. The first-order chi connectivity index (χ1) is 30.8. The Balaban J connectivity index is 1.11. The van der Waals surface area contributed by atoms with Crippen LogP contribution in [-0.2, 0) is 5.41 Å². The van der Waals surface area contributed by atoms with Crippen molar-refractivity contribution in [3.8, 4) is 39.1 Å². The molecule has 0 amide bonds. The number of nitrogens with zero attached hydrogens (tertiary/aromatic N) is 2. The van der Waals surface area contributed by atoms with Crippen molar-refractivity contribution < 1.29 is 17.9 Å². The maximum Gasteiger partial charge on any atom is 0.573 e. The Morgan fingerprint density at radius 2 is 1.05 bits per heavy atom. The van der Waals surface area contributed by atoms with Gasteiger partial charge in [-0.2, -0.15) is 0 Å². The van der Waals surface area contributed by atoms with Crippen molar-refractivity contribution in [2.45, 2.75) is 18.7 Å². The molecule has 2 aromatic heterocycles. The third-order valence-electron chi connectivity index (χ3n) is 13.5. The number of halogens is 3. The molecule has 0 saturated carbocycles. The zero-order valence-electron chi connectivity index (χ0n) is 33.9. The summed E-state index contributed by atoms with van der Waals surface area (Å²) in [5, 5.41) is 4.82. The minimum Gasteiger partial charge on any atom is -0.406 e. The highest BCUT2D eigenvalue weighted by Gasteiger charge is 2.52. The second-order valence-electron chi connectivity index (χ2n) is 16.8. The van der Waals surface area contributed by atoms with Gasteiger partial charge < -0.3 is 14.0 Å². The first-order valence-electron chi connectivity index (χ1n) is 21.2. The standard InChI is InChI=1S/C57H35F3N2O/c1-34-24-28-36(29-25-34)61(38-12-10-13-39(32-38)63-57(58,59)60)37-30-26-35(27-31-37)46-33-50-53(55-52(46)45-19-11-18-43-42-16-5-9-23-51(42)62(55)54(43)45)44-17-4-8-22-49(44)56(50)47-20-6-2-14-40(47)41-15-3-7-21-48(41)56/h2-33H,1H3. The van der Waals surface area contributed by atoms with Crippen molar-refractivity contribution >= 4 is 55.2 Å². The molecule has 9 aromatic carbocycles. The fourth-order valence-corrected chi connectivity index (χ4v) is 11.2. The maximum atomic E-state index is 13.4. The van der Waals surface area contributed by atoms with E-state index in [1.54, 1.807) is 12.1 Å². The highest BCUT2D eigenvalue weighted by molar-refractivity contribution is 6.29. The van der Waals surface area contributed by atoms with Gasteiger partial charge in [-0.1, -0.05) is 145 Å². The van der Waals surface area contributed by atoms with Crippen molar-refractivity contribution in [1.29, 1.82) is 0 Å². The molecule has 0 radical (unpaired) electrons. The predicted molar refractivity (Wildman–Crippen MR) is 249 cm³/mol. The number of aryl methyl sites for hydroxylation is 1. The molecule has 2 aliphatic rings. The van der Waals surface area contributed by atoms with Gasteiger partial charge in [0.2, 0.25) is 0 Å². The average Bonchev–Trinajstić information content (AvgIpc) is 4.01. The van der Waals surface area contributed by atoms with Crippen molar-refractivity contribution in [3.05, 3.63) is 222 Å². The molecule has 0 N–H and O–H groups in total. The van der Waals surface area contributed by atoms with E-state index in [-0.39, 0.29) is 5.75 Å². The summed E-state index contributed by atoms with van der Waals surface area (Å²) in [5.41, 5.74) is 18.5. The molecule has 0 bridgehead atoms. The van der Waals surface area contributed by atoms with Crippen LogP contribution < -0.4 is 9.64 Å². The van der Waals surface area contributed by atoms with Gasteiger partial charge in [0.1, 0.15) is 5.75 Å². The maximum absolute atomic E-state index is 13.4. The fraction of sp³-hybridized carbons (Fsp3) is 0.0526. The first kappa shape index (κ1) is 35.9. The van der Waals surface area contributed by atoms with Crippen LogP contribution in [0.2, 0.25) is 0 Å². The molecule has 300 valence electrons. The quantitative estimate of drug-likeness (QED) is 0.172. The van der Waals surface area contributed by atoms with Gasteiger partial charge in [0.25, 0.3) is 0 Å². The number of hydrogen-bond donors (Lipinski definition) is 0. The van der Waals surface area contributed by atoms with Crippen LogP contribution in [0.5, 0.6) is 5.75 Å². The molecular weight excluding hydrogens is 786 g/mol. The Bertz CT molecular complexity index is 3610. The molecule has 2 aliphatic carbocycles. The summed E-state index contributed by atoms with van der Waals surface area (Å²) in [6.07, 6.45) is -4.81. The number of anilines is 3. The number of fused-ring (bicyclic) bond motifs is 17. The van der Waals surface area contributed by atoms with E-state index in [9.17, 15) is 13.2 Å². The molecule has 3 nitrogen and oxygen atoms in total. The summed E-state index contributed by atoms with van der Waals surface area (Å²) >= 11 is 0. The number of para-hydroxylation sites is 2. The zero-order valence-corrected chi connectivity index (χ0v) is 33.9. The van der Waals surface area contributed by atoms with E-state index in [1.165, 1.54) is 94.7 Å². The molecule has 0 aliphatic heterocycles. The SMILES string of the molecule is Cc1ccc(N(c2ccc(-c3cc4c(c5c3c3cccc6c7ccccc7n5c63)-c3ccccc3C43c4ccccc4-c4ccccc43)cc2)c2cccc(OC(F)(F)F)c2)cc1. The van der Waals surface area contributed by atoms with E-state index in [1.807, 2.05) is 36.1 Å². The van der Waals surface area contributed by atoms with Crippen molar-refractivity contribution in [2.75, 3.05) is 4.90 Å².